The number of sulfonamides is 1. The van der Waals surface area contributed by atoms with Crippen LogP contribution in [0.1, 0.15) is 51.3 Å². The zero-order valence-corrected chi connectivity index (χ0v) is 17.2. The molecule has 28 heavy (non-hydrogen) atoms. The van der Waals surface area contributed by atoms with E-state index in [1.54, 1.807) is 24.5 Å². The Kier molecular flexibility index (Phi) is 4.84. The molecule has 2 aliphatic rings. The molecule has 1 aliphatic heterocycles. The zero-order valence-electron chi connectivity index (χ0n) is 16.3. The van der Waals surface area contributed by atoms with Gasteiger partial charge in [0.15, 0.2) is 0 Å². The van der Waals surface area contributed by atoms with Crippen LogP contribution in [0.3, 0.4) is 0 Å². The second kappa shape index (κ2) is 6.93. The van der Waals surface area contributed by atoms with Crippen molar-refractivity contribution in [2.24, 2.45) is 0 Å². The Bertz CT molecular complexity index is 1050. The van der Waals surface area contributed by atoms with Crippen LogP contribution in [0.2, 0.25) is 0 Å². The van der Waals surface area contributed by atoms with Gasteiger partial charge in [-0.3, -0.25) is 9.36 Å². The van der Waals surface area contributed by atoms with Crippen molar-refractivity contribution in [2.75, 3.05) is 13.1 Å². The van der Waals surface area contributed by atoms with Gasteiger partial charge < -0.3 is 5.11 Å². The summed E-state index contributed by atoms with van der Waals surface area (Å²) >= 11 is 0. The van der Waals surface area contributed by atoms with Crippen LogP contribution >= 0.6 is 0 Å². The molecule has 0 amide bonds. The fraction of sp³-hybridized carbons (Fsp3) is 0.600. The van der Waals surface area contributed by atoms with Gasteiger partial charge in [0.2, 0.25) is 10.0 Å². The number of piperidine rings is 1. The third-order valence-corrected chi connectivity index (χ3v) is 8.17. The lowest BCUT2D eigenvalue weighted by Crippen LogP contribution is -2.51. The fourth-order valence-electron chi connectivity index (χ4n) is 3.90. The highest BCUT2D eigenvalue weighted by atomic mass is 32.2. The van der Waals surface area contributed by atoms with E-state index < -0.39 is 20.9 Å². The summed E-state index contributed by atoms with van der Waals surface area (Å²) in [5.74, 6) is 1.01. The lowest BCUT2D eigenvalue weighted by molar-refractivity contribution is -0.0210. The molecule has 1 saturated heterocycles. The summed E-state index contributed by atoms with van der Waals surface area (Å²) in [6.07, 6.45) is 2.62. The second-order valence-corrected chi connectivity index (χ2v) is 10.9. The average molecular weight is 406 g/mol. The first-order valence-corrected chi connectivity index (χ1v) is 11.4. The highest BCUT2D eigenvalue weighted by Gasteiger charge is 2.39. The summed E-state index contributed by atoms with van der Waals surface area (Å²) in [5.41, 5.74) is -0.547. The normalized spacial score (nSPS) is 20.7. The molecule has 2 fully saturated rings. The van der Waals surface area contributed by atoms with Gasteiger partial charge in [-0.05, 0) is 51.7 Å². The minimum Gasteiger partial charge on any atom is -0.388 e. The summed E-state index contributed by atoms with van der Waals surface area (Å²) in [6, 6.07) is 7.29. The Morgan fingerprint density at radius 1 is 1.21 bits per heavy atom. The van der Waals surface area contributed by atoms with E-state index in [0.29, 0.717) is 23.7 Å². The average Bonchev–Trinajstić information content (AvgIpc) is 3.49. The Labute approximate surface area is 165 Å². The molecule has 1 aromatic heterocycles. The van der Waals surface area contributed by atoms with E-state index in [1.165, 1.54) is 4.31 Å². The van der Waals surface area contributed by atoms with Crippen LogP contribution in [0.25, 0.3) is 10.9 Å². The van der Waals surface area contributed by atoms with Gasteiger partial charge >= 0.3 is 0 Å². The molecule has 0 bridgehead atoms. The van der Waals surface area contributed by atoms with Crippen LogP contribution < -0.4 is 5.56 Å². The molecule has 2 aromatic rings. The maximum atomic E-state index is 13.1. The van der Waals surface area contributed by atoms with Gasteiger partial charge in [0.25, 0.3) is 5.56 Å². The van der Waals surface area contributed by atoms with E-state index in [0.717, 1.165) is 18.7 Å². The van der Waals surface area contributed by atoms with E-state index in [-0.39, 0.29) is 31.1 Å². The molecule has 0 spiro atoms. The number of para-hydroxylation sites is 1. The predicted molar refractivity (Wildman–Crippen MR) is 108 cm³/mol. The predicted octanol–water partition coefficient (Wildman–Crippen LogP) is 1.84. The number of aliphatic hydroxyl groups is 1. The van der Waals surface area contributed by atoms with E-state index in [1.807, 2.05) is 18.2 Å². The van der Waals surface area contributed by atoms with E-state index >= 15 is 0 Å². The molecule has 8 heteroatoms. The summed E-state index contributed by atoms with van der Waals surface area (Å²) in [6.45, 7) is 4.03. The lowest BCUT2D eigenvalue weighted by Gasteiger charge is -2.38. The van der Waals surface area contributed by atoms with Gasteiger partial charge in [-0.1, -0.05) is 12.1 Å². The molecule has 1 aromatic carbocycles. The van der Waals surface area contributed by atoms with Crippen molar-refractivity contribution in [3.63, 3.8) is 0 Å². The van der Waals surface area contributed by atoms with Crippen LogP contribution in [0.5, 0.6) is 0 Å². The van der Waals surface area contributed by atoms with Crippen LogP contribution in [0, 0.1) is 0 Å². The Balaban J connectivity index is 1.63. The minimum atomic E-state index is -3.33. The Hall–Kier alpha value is -1.77. The standard InChI is InChI=1S/C20H27N3O4S/c1-14(2)28(26,27)22-11-9-20(25,10-12-22)13-23-18(15-7-8-15)21-17-6-4-3-5-16(17)19(23)24/h3-6,14-15,25H,7-13H2,1-2H3. The number of fused-ring (bicyclic) bond motifs is 1. The van der Waals surface area contributed by atoms with Gasteiger partial charge in [-0.25, -0.2) is 17.7 Å². The van der Waals surface area contributed by atoms with Crippen molar-refractivity contribution >= 4 is 20.9 Å². The van der Waals surface area contributed by atoms with Crippen molar-refractivity contribution in [3.05, 3.63) is 40.4 Å². The smallest absolute Gasteiger partial charge is 0.261 e. The quantitative estimate of drug-likeness (QED) is 0.819. The minimum absolute atomic E-state index is 0.127. The molecule has 1 saturated carbocycles. The largest absolute Gasteiger partial charge is 0.388 e. The third kappa shape index (κ3) is 3.49. The maximum Gasteiger partial charge on any atom is 0.261 e. The Morgan fingerprint density at radius 2 is 1.86 bits per heavy atom. The van der Waals surface area contributed by atoms with E-state index in [2.05, 4.69) is 0 Å². The first-order chi connectivity index (χ1) is 13.2. The summed E-state index contributed by atoms with van der Waals surface area (Å²) in [4.78, 5) is 17.8. The van der Waals surface area contributed by atoms with E-state index in [4.69, 9.17) is 4.98 Å². The molecule has 152 valence electrons. The molecule has 0 unspecified atom stereocenters. The number of hydrogen-bond donors (Lipinski definition) is 1. The van der Waals surface area contributed by atoms with Crippen molar-refractivity contribution in [1.82, 2.24) is 13.9 Å². The molecule has 2 heterocycles. The van der Waals surface area contributed by atoms with E-state index in [9.17, 15) is 18.3 Å². The molecule has 0 radical (unpaired) electrons. The number of nitrogens with zero attached hydrogens (tertiary/aromatic N) is 3. The zero-order chi connectivity index (χ0) is 20.1. The molecule has 1 N–H and O–H groups in total. The van der Waals surface area contributed by atoms with Crippen molar-refractivity contribution in [2.45, 2.75) is 62.8 Å². The summed E-state index contributed by atoms with van der Waals surface area (Å²) in [7, 11) is -3.33. The number of aromatic nitrogens is 2. The van der Waals surface area contributed by atoms with Crippen molar-refractivity contribution in [3.8, 4) is 0 Å². The third-order valence-electron chi connectivity index (χ3n) is 5.89. The van der Waals surface area contributed by atoms with Gasteiger partial charge in [0, 0.05) is 19.0 Å². The summed E-state index contributed by atoms with van der Waals surface area (Å²) < 4.78 is 27.9. The number of rotatable bonds is 5. The van der Waals surface area contributed by atoms with Gasteiger partial charge in [-0.2, -0.15) is 0 Å². The highest BCUT2D eigenvalue weighted by Crippen LogP contribution is 2.39. The Morgan fingerprint density at radius 3 is 2.46 bits per heavy atom. The SMILES string of the molecule is CC(C)S(=O)(=O)N1CCC(O)(Cn2c(C3CC3)nc3ccccc3c2=O)CC1. The fourth-order valence-corrected chi connectivity index (χ4v) is 5.19. The molecule has 1 aliphatic carbocycles. The van der Waals surface area contributed by atoms with Crippen LogP contribution in [0.15, 0.2) is 29.1 Å². The molecular weight excluding hydrogens is 378 g/mol. The van der Waals surface area contributed by atoms with Crippen molar-refractivity contribution in [1.29, 1.82) is 0 Å². The number of benzene rings is 1. The lowest BCUT2D eigenvalue weighted by atomic mass is 9.92. The first kappa shape index (κ1) is 19.5. The number of hydrogen-bond acceptors (Lipinski definition) is 5. The van der Waals surface area contributed by atoms with Gasteiger partial charge in [-0.15, -0.1) is 0 Å². The van der Waals surface area contributed by atoms with Crippen molar-refractivity contribution < 1.29 is 13.5 Å². The topological polar surface area (TPSA) is 92.5 Å². The monoisotopic (exact) mass is 405 g/mol. The van der Waals surface area contributed by atoms with Crippen LogP contribution in [-0.4, -0.2) is 51.3 Å². The van der Waals surface area contributed by atoms with Crippen LogP contribution in [0.4, 0.5) is 0 Å². The molecule has 4 rings (SSSR count). The maximum absolute atomic E-state index is 13.1. The second-order valence-electron chi connectivity index (χ2n) is 8.37. The molecule has 7 nitrogen and oxygen atoms in total. The molecule has 0 atom stereocenters. The highest BCUT2D eigenvalue weighted by molar-refractivity contribution is 7.89. The van der Waals surface area contributed by atoms with Gasteiger partial charge in [0.1, 0.15) is 5.82 Å². The summed E-state index contributed by atoms with van der Waals surface area (Å²) in [5, 5.41) is 11.2. The molecular formula is C20H27N3O4S. The first-order valence-electron chi connectivity index (χ1n) is 9.92. The van der Waals surface area contributed by atoms with Crippen LogP contribution in [-0.2, 0) is 16.6 Å². The van der Waals surface area contributed by atoms with Gasteiger partial charge in [0.05, 0.1) is 28.3 Å².